The van der Waals surface area contributed by atoms with E-state index in [9.17, 15) is 0 Å². The maximum absolute atomic E-state index is 6.17. The van der Waals surface area contributed by atoms with Gasteiger partial charge in [0.05, 0.1) is 11.1 Å². The van der Waals surface area contributed by atoms with Crippen LogP contribution in [0.3, 0.4) is 0 Å². The molecule has 1 aliphatic carbocycles. The second kappa shape index (κ2) is 5.47. The summed E-state index contributed by atoms with van der Waals surface area (Å²) in [7, 11) is 0. The third-order valence-corrected chi connectivity index (χ3v) is 3.10. The molecule has 1 fully saturated rings. The fourth-order valence-corrected chi connectivity index (χ4v) is 2.23. The fraction of sp³-hybridized carbons (Fsp3) is 0.538. The zero-order valence-electron chi connectivity index (χ0n) is 10.1. The molecular formula is C13H17Cl2NO. The standard InChI is InChI=1S/C13H17Cl2NO/c1-8(2)17-13-9(7-16-11-3-4-11)5-10(14)6-12(13)15/h5-6,8,11,16H,3-4,7H2,1-2H3. The third kappa shape index (κ3) is 3.77. The van der Waals surface area contributed by atoms with E-state index in [1.165, 1.54) is 12.8 Å². The van der Waals surface area contributed by atoms with Gasteiger partial charge in [0.1, 0.15) is 5.75 Å². The third-order valence-electron chi connectivity index (χ3n) is 2.60. The van der Waals surface area contributed by atoms with Crippen LogP contribution in [0.5, 0.6) is 5.75 Å². The Balaban J connectivity index is 2.18. The number of hydrogen-bond acceptors (Lipinski definition) is 2. The lowest BCUT2D eigenvalue weighted by Crippen LogP contribution is -2.17. The minimum absolute atomic E-state index is 0.105. The predicted molar refractivity (Wildman–Crippen MR) is 72.1 cm³/mol. The Morgan fingerprint density at radius 2 is 2.06 bits per heavy atom. The molecule has 0 spiro atoms. The van der Waals surface area contributed by atoms with Gasteiger partial charge < -0.3 is 10.1 Å². The normalized spacial score (nSPS) is 15.4. The molecule has 2 nitrogen and oxygen atoms in total. The summed E-state index contributed by atoms with van der Waals surface area (Å²) in [6, 6.07) is 4.29. The van der Waals surface area contributed by atoms with Gasteiger partial charge in [-0.15, -0.1) is 0 Å². The van der Waals surface area contributed by atoms with Crippen LogP contribution in [-0.2, 0) is 6.54 Å². The molecule has 0 atom stereocenters. The first-order valence-electron chi connectivity index (χ1n) is 5.94. The van der Waals surface area contributed by atoms with Gasteiger partial charge in [0.25, 0.3) is 0 Å². The Hall–Kier alpha value is -0.440. The van der Waals surface area contributed by atoms with Gasteiger partial charge in [-0.2, -0.15) is 0 Å². The van der Waals surface area contributed by atoms with Crippen LogP contribution < -0.4 is 10.1 Å². The van der Waals surface area contributed by atoms with Gasteiger partial charge >= 0.3 is 0 Å². The zero-order chi connectivity index (χ0) is 12.4. The molecule has 1 aromatic carbocycles. The Morgan fingerprint density at radius 3 is 2.65 bits per heavy atom. The molecule has 2 rings (SSSR count). The molecule has 0 saturated heterocycles. The van der Waals surface area contributed by atoms with Crippen molar-refractivity contribution in [3.63, 3.8) is 0 Å². The molecule has 0 amide bonds. The molecule has 0 unspecified atom stereocenters. The average Bonchev–Trinajstić information content (AvgIpc) is 3.02. The van der Waals surface area contributed by atoms with Crippen molar-refractivity contribution in [1.82, 2.24) is 5.32 Å². The Labute approximate surface area is 112 Å². The van der Waals surface area contributed by atoms with Crippen LogP contribution in [-0.4, -0.2) is 12.1 Å². The fourth-order valence-electron chi connectivity index (χ4n) is 1.65. The van der Waals surface area contributed by atoms with E-state index in [0.29, 0.717) is 16.1 Å². The quantitative estimate of drug-likeness (QED) is 0.875. The number of halogens is 2. The van der Waals surface area contributed by atoms with Crippen LogP contribution in [0.1, 0.15) is 32.3 Å². The van der Waals surface area contributed by atoms with Crippen molar-refractivity contribution >= 4 is 23.2 Å². The van der Waals surface area contributed by atoms with Gasteiger partial charge in [-0.05, 0) is 38.8 Å². The smallest absolute Gasteiger partial charge is 0.142 e. The number of ether oxygens (including phenoxy) is 1. The van der Waals surface area contributed by atoms with Crippen LogP contribution in [0.2, 0.25) is 10.0 Å². The molecule has 4 heteroatoms. The van der Waals surface area contributed by atoms with Crippen molar-refractivity contribution in [3.05, 3.63) is 27.7 Å². The van der Waals surface area contributed by atoms with Crippen molar-refractivity contribution in [2.24, 2.45) is 0 Å². The molecule has 17 heavy (non-hydrogen) atoms. The number of nitrogens with one attached hydrogen (secondary N) is 1. The Morgan fingerprint density at radius 1 is 1.35 bits per heavy atom. The monoisotopic (exact) mass is 273 g/mol. The summed E-state index contributed by atoms with van der Waals surface area (Å²) in [5, 5.41) is 4.68. The van der Waals surface area contributed by atoms with Gasteiger partial charge in [0, 0.05) is 23.2 Å². The van der Waals surface area contributed by atoms with Crippen LogP contribution in [0.4, 0.5) is 0 Å². The topological polar surface area (TPSA) is 21.3 Å². The molecule has 1 N–H and O–H groups in total. The van der Waals surface area contributed by atoms with E-state index in [0.717, 1.165) is 17.9 Å². The van der Waals surface area contributed by atoms with Crippen LogP contribution in [0, 0.1) is 0 Å². The molecule has 1 aliphatic rings. The SMILES string of the molecule is CC(C)Oc1c(Cl)cc(Cl)cc1CNC1CC1. The molecule has 0 bridgehead atoms. The molecule has 1 saturated carbocycles. The summed E-state index contributed by atoms with van der Waals surface area (Å²) in [5.74, 6) is 0.749. The van der Waals surface area contributed by atoms with Crippen molar-refractivity contribution in [1.29, 1.82) is 0 Å². The number of hydrogen-bond donors (Lipinski definition) is 1. The Bertz CT molecular complexity index is 403. The molecule has 0 aromatic heterocycles. The maximum atomic E-state index is 6.17. The van der Waals surface area contributed by atoms with Gasteiger partial charge in [0.2, 0.25) is 0 Å². The molecule has 1 aromatic rings. The second-order valence-corrected chi connectivity index (χ2v) is 5.54. The minimum Gasteiger partial charge on any atom is -0.489 e. The van der Waals surface area contributed by atoms with E-state index in [2.05, 4.69) is 5.32 Å². The average molecular weight is 274 g/mol. The number of rotatable bonds is 5. The largest absolute Gasteiger partial charge is 0.489 e. The highest BCUT2D eigenvalue weighted by Crippen LogP contribution is 2.33. The van der Waals surface area contributed by atoms with E-state index in [4.69, 9.17) is 27.9 Å². The van der Waals surface area contributed by atoms with Gasteiger partial charge in [-0.3, -0.25) is 0 Å². The summed E-state index contributed by atoms with van der Waals surface area (Å²) in [4.78, 5) is 0. The van der Waals surface area contributed by atoms with Crippen LogP contribution >= 0.6 is 23.2 Å². The minimum atomic E-state index is 0.105. The molecule has 0 radical (unpaired) electrons. The van der Waals surface area contributed by atoms with Gasteiger partial charge in [-0.1, -0.05) is 23.2 Å². The zero-order valence-corrected chi connectivity index (χ0v) is 11.6. The maximum Gasteiger partial charge on any atom is 0.142 e. The van der Waals surface area contributed by atoms with Crippen molar-refractivity contribution in [2.45, 2.75) is 45.4 Å². The highest BCUT2D eigenvalue weighted by atomic mass is 35.5. The molecular weight excluding hydrogens is 257 g/mol. The molecule has 94 valence electrons. The van der Waals surface area contributed by atoms with Crippen LogP contribution in [0.25, 0.3) is 0 Å². The van der Waals surface area contributed by atoms with E-state index < -0.39 is 0 Å². The molecule has 0 heterocycles. The first-order valence-corrected chi connectivity index (χ1v) is 6.70. The summed E-state index contributed by atoms with van der Waals surface area (Å²) in [5.41, 5.74) is 1.03. The van der Waals surface area contributed by atoms with E-state index in [1.54, 1.807) is 6.07 Å². The summed E-state index contributed by atoms with van der Waals surface area (Å²) in [6.07, 6.45) is 2.62. The summed E-state index contributed by atoms with van der Waals surface area (Å²) >= 11 is 12.2. The van der Waals surface area contributed by atoms with E-state index >= 15 is 0 Å². The Kier molecular flexibility index (Phi) is 4.18. The van der Waals surface area contributed by atoms with Gasteiger partial charge in [-0.25, -0.2) is 0 Å². The highest BCUT2D eigenvalue weighted by Gasteiger charge is 2.21. The second-order valence-electron chi connectivity index (χ2n) is 4.70. The van der Waals surface area contributed by atoms with Crippen molar-refractivity contribution < 1.29 is 4.74 Å². The van der Waals surface area contributed by atoms with Crippen molar-refractivity contribution in [3.8, 4) is 5.75 Å². The van der Waals surface area contributed by atoms with Crippen LogP contribution in [0.15, 0.2) is 12.1 Å². The first-order chi connectivity index (χ1) is 8.06. The van der Waals surface area contributed by atoms with Crippen molar-refractivity contribution in [2.75, 3.05) is 0 Å². The van der Waals surface area contributed by atoms with E-state index in [-0.39, 0.29) is 6.10 Å². The van der Waals surface area contributed by atoms with E-state index in [1.807, 2.05) is 19.9 Å². The molecule has 0 aliphatic heterocycles. The summed E-state index contributed by atoms with van der Waals surface area (Å²) < 4.78 is 5.75. The lowest BCUT2D eigenvalue weighted by molar-refractivity contribution is 0.239. The first kappa shape index (κ1) is 13.0. The predicted octanol–water partition coefficient (Wildman–Crippen LogP) is 4.03. The lowest BCUT2D eigenvalue weighted by atomic mass is 10.2. The summed E-state index contributed by atoms with van der Waals surface area (Å²) in [6.45, 7) is 4.74. The van der Waals surface area contributed by atoms with Gasteiger partial charge in [0.15, 0.2) is 0 Å². The lowest BCUT2D eigenvalue weighted by Gasteiger charge is -2.16. The number of benzene rings is 1. The highest BCUT2D eigenvalue weighted by molar-refractivity contribution is 6.35.